The predicted octanol–water partition coefficient (Wildman–Crippen LogP) is 0.992. The minimum atomic E-state index is -0.229. The van der Waals surface area contributed by atoms with Gasteiger partial charge in [0.15, 0.2) is 5.82 Å². The topological polar surface area (TPSA) is 49.2 Å². The van der Waals surface area contributed by atoms with E-state index in [0.717, 1.165) is 30.9 Å². The highest BCUT2D eigenvalue weighted by Crippen LogP contribution is 2.24. The van der Waals surface area contributed by atoms with Crippen molar-refractivity contribution in [1.29, 1.82) is 0 Å². The molecule has 1 N–H and O–H groups in total. The third-order valence-corrected chi connectivity index (χ3v) is 3.01. The van der Waals surface area contributed by atoms with Crippen molar-refractivity contribution in [2.24, 2.45) is 5.92 Å². The standard InChI is InChI=1S/C11H17N3O/c1-8-5-11(13-12-6-8)14-4-3-10(7-14)9(2)15/h5-6,9-10,15H,3-4,7H2,1-2H3. The van der Waals surface area contributed by atoms with Gasteiger partial charge in [0.25, 0.3) is 0 Å². The molecule has 1 aliphatic heterocycles. The maximum atomic E-state index is 9.51. The van der Waals surface area contributed by atoms with Gasteiger partial charge in [0, 0.05) is 19.0 Å². The van der Waals surface area contributed by atoms with Crippen LogP contribution in [0.1, 0.15) is 18.9 Å². The van der Waals surface area contributed by atoms with Crippen LogP contribution >= 0.6 is 0 Å². The van der Waals surface area contributed by atoms with E-state index in [4.69, 9.17) is 0 Å². The Hall–Kier alpha value is -1.16. The molecule has 1 fully saturated rings. The lowest BCUT2D eigenvalue weighted by Gasteiger charge is -2.18. The lowest BCUT2D eigenvalue weighted by Crippen LogP contribution is -2.24. The highest BCUT2D eigenvalue weighted by atomic mass is 16.3. The van der Waals surface area contributed by atoms with Crippen LogP contribution in [-0.4, -0.2) is 34.5 Å². The first kappa shape index (κ1) is 10.4. The van der Waals surface area contributed by atoms with Crippen molar-refractivity contribution >= 4 is 5.82 Å². The zero-order chi connectivity index (χ0) is 10.8. The maximum Gasteiger partial charge on any atom is 0.151 e. The molecule has 2 atom stereocenters. The molecule has 0 bridgehead atoms. The molecule has 1 aromatic rings. The van der Waals surface area contributed by atoms with E-state index < -0.39 is 0 Å². The van der Waals surface area contributed by atoms with Gasteiger partial charge in [-0.3, -0.25) is 0 Å². The molecular weight excluding hydrogens is 190 g/mol. The van der Waals surface area contributed by atoms with E-state index in [1.54, 1.807) is 6.20 Å². The number of aromatic nitrogens is 2. The molecule has 0 aromatic carbocycles. The van der Waals surface area contributed by atoms with E-state index in [1.165, 1.54) is 0 Å². The molecule has 15 heavy (non-hydrogen) atoms. The van der Waals surface area contributed by atoms with Gasteiger partial charge in [-0.05, 0) is 31.9 Å². The summed E-state index contributed by atoms with van der Waals surface area (Å²) in [6.07, 6.45) is 2.56. The Morgan fingerprint density at radius 2 is 2.40 bits per heavy atom. The number of hydrogen-bond donors (Lipinski definition) is 1. The van der Waals surface area contributed by atoms with E-state index in [0.29, 0.717) is 5.92 Å². The van der Waals surface area contributed by atoms with E-state index in [1.807, 2.05) is 19.9 Å². The van der Waals surface area contributed by atoms with Crippen molar-refractivity contribution in [3.63, 3.8) is 0 Å². The van der Waals surface area contributed by atoms with Crippen LogP contribution in [0.25, 0.3) is 0 Å². The zero-order valence-corrected chi connectivity index (χ0v) is 9.22. The van der Waals surface area contributed by atoms with Crippen LogP contribution < -0.4 is 4.90 Å². The van der Waals surface area contributed by atoms with Gasteiger partial charge >= 0.3 is 0 Å². The van der Waals surface area contributed by atoms with Gasteiger partial charge in [0.1, 0.15) is 0 Å². The highest BCUT2D eigenvalue weighted by Gasteiger charge is 2.26. The van der Waals surface area contributed by atoms with E-state index >= 15 is 0 Å². The minimum absolute atomic E-state index is 0.229. The lowest BCUT2D eigenvalue weighted by atomic mass is 10.0. The fourth-order valence-electron chi connectivity index (χ4n) is 1.99. The fraction of sp³-hybridized carbons (Fsp3) is 0.636. The molecule has 0 amide bonds. The average molecular weight is 207 g/mol. The number of aliphatic hydroxyl groups is 1. The van der Waals surface area contributed by atoms with Gasteiger partial charge in [-0.2, -0.15) is 5.10 Å². The Bertz CT molecular complexity index is 340. The molecule has 0 aliphatic carbocycles. The molecule has 1 aromatic heterocycles. The van der Waals surface area contributed by atoms with E-state index in [9.17, 15) is 5.11 Å². The summed E-state index contributed by atoms with van der Waals surface area (Å²) in [6.45, 7) is 5.72. The second kappa shape index (κ2) is 4.14. The summed E-state index contributed by atoms with van der Waals surface area (Å²) < 4.78 is 0. The molecule has 0 saturated carbocycles. The molecule has 4 nitrogen and oxygen atoms in total. The SMILES string of the molecule is Cc1cnnc(N2CCC(C(C)O)C2)c1. The second-order valence-electron chi connectivity index (χ2n) is 4.33. The van der Waals surface area contributed by atoms with Gasteiger partial charge in [-0.25, -0.2) is 0 Å². The predicted molar refractivity (Wildman–Crippen MR) is 58.8 cm³/mol. The second-order valence-corrected chi connectivity index (χ2v) is 4.33. The summed E-state index contributed by atoms with van der Waals surface area (Å²) in [5.41, 5.74) is 1.13. The Labute approximate surface area is 89.9 Å². The number of anilines is 1. The third-order valence-electron chi connectivity index (χ3n) is 3.01. The third kappa shape index (κ3) is 2.26. The number of hydrogen-bond acceptors (Lipinski definition) is 4. The molecule has 2 heterocycles. The molecule has 0 spiro atoms. The van der Waals surface area contributed by atoms with Gasteiger partial charge in [0.2, 0.25) is 0 Å². The van der Waals surface area contributed by atoms with Gasteiger partial charge < -0.3 is 10.0 Å². The van der Waals surface area contributed by atoms with E-state index in [-0.39, 0.29) is 6.10 Å². The van der Waals surface area contributed by atoms with Crippen molar-refractivity contribution in [1.82, 2.24) is 10.2 Å². The monoisotopic (exact) mass is 207 g/mol. The van der Waals surface area contributed by atoms with Crippen LogP contribution in [0.3, 0.4) is 0 Å². The average Bonchev–Trinajstić information content (AvgIpc) is 2.66. The number of aryl methyl sites for hydroxylation is 1. The molecule has 2 rings (SSSR count). The zero-order valence-electron chi connectivity index (χ0n) is 9.22. The van der Waals surface area contributed by atoms with Crippen molar-refractivity contribution in [2.75, 3.05) is 18.0 Å². The fourth-order valence-corrected chi connectivity index (χ4v) is 1.99. The summed E-state index contributed by atoms with van der Waals surface area (Å²) in [5, 5.41) is 17.6. The summed E-state index contributed by atoms with van der Waals surface area (Å²) in [7, 11) is 0. The van der Waals surface area contributed by atoms with Crippen LogP contribution in [0, 0.1) is 12.8 Å². The molecule has 2 unspecified atom stereocenters. The van der Waals surface area contributed by atoms with Gasteiger partial charge in [-0.15, -0.1) is 5.10 Å². The molecule has 0 radical (unpaired) electrons. The minimum Gasteiger partial charge on any atom is -0.393 e. The van der Waals surface area contributed by atoms with Crippen molar-refractivity contribution < 1.29 is 5.11 Å². The first-order chi connectivity index (χ1) is 7.16. The maximum absolute atomic E-state index is 9.51. The van der Waals surface area contributed by atoms with E-state index in [2.05, 4.69) is 15.1 Å². The van der Waals surface area contributed by atoms with Crippen LogP contribution in [0.2, 0.25) is 0 Å². The van der Waals surface area contributed by atoms with Crippen LogP contribution in [0.5, 0.6) is 0 Å². The summed E-state index contributed by atoms with van der Waals surface area (Å²) >= 11 is 0. The summed E-state index contributed by atoms with van der Waals surface area (Å²) in [6, 6.07) is 2.04. The lowest BCUT2D eigenvalue weighted by molar-refractivity contribution is 0.136. The highest BCUT2D eigenvalue weighted by molar-refractivity contribution is 5.40. The van der Waals surface area contributed by atoms with Crippen molar-refractivity contribution in [2.45, 2.75) is 26.4 Å². The number of rotatable bonds is 2. The van der Waals surface area contributed by atoms with Crippen LogP contribution in [0.4, 0.5) is 5.82 Å². The first-order valence-electron chi connectivity index (χ1n) is 5.39. The van der Waals surface area contributed by atoms with Crippen LogP contribution in [-0.2, 0) is 0 Å². The van der Waals surface area contributed by atoms with Gasteiger partial charge in [0.05, 0.1) is 12.3 Å². The Morgan fingerprint density at radius 3 is 3.00 bits per heavy atom. The molecule has 82 valence electrons. The number of nitrogens with zero attached hydrogens (tertiary/aromatic N) is 3. The molecular formula is C11H17N3O. The molecule has 1 saturated heterocycles. The summed E-state index contributed by atoms with van der Waals surface area (Å²) in [5.74, 6) is 1.30. The first-order valence-corrected chi connectivity index (χ1v) is 5.39. The quantitative estimate of drug-likeness (QED) is 0.785. The molecule has 1 aliphatic rings. The van der Waals surface area contributed by atoms with Crippen molar-refractivity contribution in [3.05, 3.63) is 17.8 Å². The van der Waals surface area contributed by atoms with Crippen molar-refractivity contribution in [3.8, 4) is 0 Å². The van der Waals surface area contributed by atoms with Gasteiger partial charge in [-0.1, -0.05) is 0 Å². The Morgan fingerprint density at radius 1 is 1.60 bits per heavy atom. The Kier molecular flexibility index (Phi) is 2.86. The largest absolute Gasteiger partial charge is 0.393 e. The van der Waals surface area contributed by atoms with Crippen LogP contribution in [0.15, 0.2) is 12.3 Å². The Balaban J connectivity index is 2.08. The smallest absolute Gasteiger partial charge is 0.151 e. The molecule has 4 heteroatoms. The summed E-state index contributed by atoms with van der Waals surface area (Å²) in [4.78, 5) is 2.19. The number of aliphatic hydroxyl groups excluding tert-OH is 1. The normalized spacial score (nSPS) is 23.1.